The molecule has 0 unspecified atom stereocenters. The number of amides is 2. The molecule has 2 amide bonds. The Morgan fingerprint density at radius 3 is 1.87 bits per heavy atom. The van der Waals surface area contributed by atoms with Crippen molar-refractivity contribution in [2.24, 2.45) is 0 Å². The summed E-state index contributed by atoms with van der Waals surface area (Å²) in [5, 5.41) is 5.62. The first kappa shape index (κ1) is 21.8. The van der Waals surface area contributed by atoms with E-state index < -0.39 is 0 Å². The van der Waals surface area contributed by atoms with E-state index in [0.717, 1.165) is 22.4 Å². The van der Waals surface area contributed by atoms with E-state index >= 15 is 0 Å². The molecule has 5 heteroatoms. The van der Waals surface area contributed by atoms with E-state index in [9.17, 15) is 9.59 Å². The number of rotatable bonds is 6. The lowest BCUT2D eigenvalue weighted by atomic mass is 10.1. The summed E-state index contributed by atoms with van der Waals surface area (Å²) in [4.78, 5) is 27.8. The standard InChI is InChI=1S/C26H27N3O2/c1-18-5-11-21(12-6-18)25(30)28-24(17-20-9-15-23(16-10-20)29(3)4)26(31)27-22-13-7-19(2)8-14-22/h5-17H,1-4H3,(H,27,31)(H,28,30). The van der Waals surface area contributed by atoms with Crippen LogP contribution in [-0.4, -0.2) is 25.9 Å². The van der Waals surface area contributed by atoms with Gasteiger partial charge in [0.15, 0.2) is 0 Å². The van der Waals surface area contributed by atoms with Gasteiger partial charge in [0.1, 0.15) is 5.70 Å². The van der Waals surface area contributed by atoms with Crippen LogP contribution in [0, 0.1) is 13.8 Å². The van der Waals surface area contributed by atoms with Crippen LogP contribution in [0.4, 0.5) is 11.4 Å². The lowest BCUT2D eigenvalue weighted by Gasteiger charge is -2.13. The molecule has 0 bridgehead atoms. The minimum Gasteiger partial charge on any atom is -0.378 e. The number of benzene rings is 3. The average molecular weight is 414 g/mol. The summed E-state index contributed by atoms with van der Waals surface area (Å²) >= 11 is 0. The second-order valence-electron chi connectivity index (χ2n) is 7.68. The molecule has 0 saturated carbocycles. The second kappa shape index (κ2) is 9.76. The third-order valence-electron chi connectivity index (χ3n) is 4.84. The quantitative estimate of drug-likeness (QED) is 0.572. The van der Waals surface area contributed by atoms with Gasteiger partial charge in [0.2, 0.25) is 0 Å². The molecule has 2 N–H and O–H groups in total. The topological polar surface area (TPSA) is 61.4 Å². The number of hydrogen-bond donors (Lipinski definition) is 2. The maximum atomic E-state index is 13.0. The molecule has 0 radical (unpaired) electrons. The van der Waals surface area contributed by atoms with Crippen LogP contribution in [0.15, 0.2) is 78.5 Å². The van der Waals surface area contributed by atoms with Crippen LogP contribution >= 0.6 is 0 Å². The van der Waals surface area contributed by atoms with E-state index in [4.69, 9.17) is 0 Å². The van der Waals surface area contributed by atoms with E-state index in [2.05, 4.69) is 10.6 Å². The molecule has 0 aromatic heterocycles. The summed E-state index contributed by atoms with van der Waals surface area (Å²) < 4.78 is 0. The SMILES string of the molecule is Cc1ccc(NC(=O)C(=Cc2ccc(N(C)C)cc2)NC(=O)c2ccc(C)cc2)cc1. The van der Waals surface area contributed by atoms with Crippen LogP contribution in [-0.2, 0) is 4.79 Å². The van der Waals surface area contributed by atoms with Gasteiger partial charge in [0, 0.05) is 31.0 Å². The van der Waals surface area contributed by atoms with Gasteiger partial charge in [0.25, 0.3) is 11.8 Å². The van der Waals surface area contributed by atoms with Gasteiger partial charge in [-0.1, -0.05) is 47.5 Å². The zero-order chi connectivity index (χ0) is 22.4. The van der Waals surface area contributed by atoms with Gasteiger partial charge in [-0.15, -0.1) is 0 Å². The third kappa shape index (κ3) is 6.06. The van der Waals surface area contributed by atoms with Crippen molar-refractivity contribution in [2.45, 2.75) is 13.8 Å². The molecule has 0 fully saturated rings. The van der Waals surface area contributed by atoms with Gasteiger partial charge in [-0.2, -0.15) is 0 Å². The first-order valence-electron chi connectivity index (χ1n) is 10.1. The van der Waals surface area contributed by atoms with Crippen molar-refractivity contribution >= 4 is 29.3 Å². The van der Waals surface area contributed by atoms with Gasteiger partial charge < -0.3 is 15.5 Å². The summed E-state index contributed by atoms with van der Waals surface area (Å²) in [5.74, 6) is -0.726. The summed E-state index contributed by atoms with van der Waals surface area (Å²) in [5.41, 5.74) is 5.34. The fourth-order valence-corrected chi connectivity index (χ4v) is 2.93. The number of carbonyl (C=O) groups excluding carboxylic acids is 2. The van der Waals surface area contributed by atoms with Gasteiger partial charge in [-0.25, -0.2) is 0 Å². The van der Waals surface area contributed by atoms with Crippen LogP contribution in [0.2, 0.25) is 0 Å². The van der Waals surface area contributed by atoms with Crippen LogP contribution in [0.1, 0.15) is 27.0 Å². The molecule has 158 valence electrons. The predicted molar refractivity (Wildman–Crippen MR) is 127 cm³/mol. The average Bonchev–Trinajstić information content (AvgIpc) is 2.75. The molecule has 31 heavy (non-hydrogen) atoms. The Hall–Kier alpha value is -3.86. The Morgan fingerprint density at radius 2 is 1.32 bits per heavy atom. The van der Waals surface area contributed by atoms with Crippen LogP contribution in [0.25, 0.3) is 6.08 Å². The summed E-state index contributed by atoms with van der Waals surface area (Å²) in [6, 6.07) is 22.5. The van der Waals surface area contributed by atoms with Gasteiger partial charge in [-0.3, -0.25) is 9.59 Å². The number of anilines is 2. The number of carbonyl (C=O) groups is 2. The Bertz CT molecular complexity index is 1080. The van der Waals surface area contributed by atoms with Crippen molar-refractivity contribution in [3.63, 3.8) is 0 Å². The highest BCUT2D eigenvalue weighted by Gasteiger charge is 2.15. The number of nitrogens with zero attached hydrogens (tertiary/aromatic N) is 1. The molecule has 3 aromatic carbocycles. The predicted octanol–water partition coefficient (Wildman–Crippen LogP) is 4.78. The van der Waals surface area contributed by atoms with Crippen molar-refractivity contribution in [3.05, 3.63) is 101 Å². The Kier molecular flexibility index (Phi) is 6.88. The van der Waals surface area contributed by atoms with E-state index in [1.54, 1.807) is 18.2 Å². The van der Waals surface area contributed by atoms with Crippen molar-refractivity contribution < 1.29 is 9.59 Å². The van der Waals surface area contributed by atoms with Crippen molar-refractivity contribution in [1.29, 1.82) is 0 Å². The molecule has 0 atom stereocenters. The highest BCUT2D eigenvalue weighted by molar-refractivity contribution is 6.10. The van der Waals surface area contributed by atoms with Crippen molar-refractivity contribution in [2.75, 3.05) is 24.3 Å². The van der Waals surface area contributed by atoms with Gasteiger partial charge in [0.05, 0.1) is 0 Å². The monoisotopic (exact) mass is 413 g/mol. The molecule has 0 spiro atoms. The molecular weight excluding hydrogens is 386 g/mol. The minimum atomic E-state index is -0.388. The number of aryl methyl sites for hydroxylation is 2. The molecule has 5 nitrogen and oxygen atoms in total. The minimum absolute atomic E-state index is 0.170. The number of nitrogens with one attached hydrogen (secondary N) is 2. The molecule has 0 aliphatic carbocycles. The lowest BCUT2D eigenvalue weighted by Crippen LogP contribution is -2.30. The van der Waals surface area contributed by atoms with Crippen LogP contribution in [0.3, 0.4) is 0 Å². The van der Waals surface area contributed by atoms with Crippen LogP contribution < -0.4 is 15.5 Å². The van der Waals surface area contributed by atoms with Gasteiger partial charge >= 0.3 is 0 Å². The van der Waals surface area contributed by atoms with Crippen LogP contribution in [0.5, 0.6) is 0 Å². The highest BCUT2D eigenvalue weighted by Crippen LogP contribution is 2.16. The molecule has 3 rings (SSSR count). The number of hydrogen-bond acceptors (Lipinski definition) is 3. The fraction of sp³-hybridized carbons (Fsp3) is 0.154. The zero-order valence-corrected chi connectivity index (χ0v) is 18.3. The molecule has 0 aliphatic heterocycles. The smallest absolute Gasteiger partial charge is 0.272 e. The lowest BCUT2D eigenvalue weighted by molar-refractivity contribution is -0.113. The molecular formula is C26H27N3O2. The second-order valence-corrected chi connectivity index (χ2v) is 7.68. The highest BCUT2D eigenvalue weighted by atomic mass is 16.2. The molecule has 0 aliphatic rings. The summed E-state index contributed by atoms with van der Waals surface area (Å²) in [6.45, 7) is 3.94. The molecule has 0 saturated heterocycles. The fourth-order valence-electron chi connectivity index (χ4n) is 2.93. The Morgan fingerprint density at radius 1 is 0.774 bits per heavy atom. The van der Waals surface area contributed by atoms with E-state index in [1.165, 1.54) is 0 Å². The van der Waals surface area contributed by atoms with Gasteiger partial charge in [-0.05, 0) is 61.9 Å². The largest absolute Gasteiger partial charge is 0.378 e. The zero-order valence-electron chi connectivity index (χ0n) is 18.3. The maximum Gasteiger partial charge on any atom is 0.272 e. The van der Waals surface area contributed by atoms with E-state index in [1.807, 2.05) is 93.5 Å². The molecule has 3 aromatic rings. The van der Waals surface area contributed by atoms with E-state index in [0.29, 0.717) is 11.3 Å². The van der Waals surface area contributed by atoms with E-state index in [-0.39, 0.29) is 17.5 Å². The third-order valence-corrected chi connectivity index (χ3v) is 4.84. The Balaban J connectivity index is 1.88. The summed E-state index contributed by atoms with van der Waals surface area (Å²) in [6.07, 6.45) is 1.68. The normalized spacial score (nSPS) is 11.0. The molecule has 0 heterocycles. The van der Waals surface area contributed by atoms with Crippen molar-refractivity contribution in [3.8, 4) is 0 Å². The first-order chi connectivity index (χ1) is 14.8. The van der Waals surface area contributed by atoms with Crippen molar-refractivity contribution in [1.82, 2.24) is 5.32 Å². The Labute approximate surface area is 183 Å². The summed E-state index contributed by atoms with van der Waals surface area (Å²) in [7, 11) is 3.93. The first-order valence-corrected chi connectivity index (χ1v) is 10.1. The maximum absolute atomic E-state index is 13.0.